The van der Waals surface area contributed by atoms with E-state index in [1.165, 1.54) is 0 Å². The van der Waals surface area contributed by atoms with E-state index in [2.05, 4.69) is 5.32 Å². The SMILES string of the molecule is CC(C)CC(=O)N[C@@H](Cc1ccc2ccccc2c1)C(N)=O. The van der Waals surface area contributed by atoms with Gasteiger partial charge in [-0.25, -0.2) is 0 Å². The second-order valence-electron chi connectivity index (χ2n) is 6.01. The number of carbonyl (C=O) groups is 2. The third-order valence-corrected chi connectivity index (χ3v) is 3.53. The van der Waals surface area contributed by atoms with Gasteiger partial charge in [0.1, 0.15) is 6.04 Å². The van der Waals surface area contributed by atoms with Gasteiger partial charge in [-0.3, -0.25) is 9.59 Å². The molecule has 0 saturated heterocycles. The number of carbonyl (C=O) groups excluding carboxylic acids is 2. The van der Waals surface area contributed by atoms with Crippen molar-refractivity contribution < 1.29 is 9.59 Å². The summed E-state index contributed by atoms with van der Waals surface area (Å²) < 4.78 is 0. The molecule has 0 aliphatic carbocycles. The number of benzene rings is 2. The molecule has 3 N–H and O–H groups in total. The predicted octanol–water partition coefficient (Wildman–Crippen LogP) is 2.40. The Labute approximate surface area is 130 Å². The minimum absolute atomic E-state index is 0.139. The summed E-state index contributed by atoms with van der Waals surface area (Å²) in [6.45, 7) is 3.92. The van der Waals surface area contributed by atoms with Crippen LogP contribution in [0.1, 0.15) is 25.8 Å². The van der Waals surface area contributed by atoms with Crippen molar-refractivity contribution in [2.45, 2.75) is 32.7 Å². The van der Waals surface area contributed by atoms with Gasteiger partial charge in [0.25, 0.3) is 0 Å². The molecule has 0 aromatic heterocycles. The molecule has 4 heteroatoms. The number of primary amides is 1. The van der Waals surface area contributed by atoms with Gasteiger partial charge in [0.2, 0.25) is 11.8 Å². The van der Waals surface area contributed by atoms with E-state index in [1.807, 2.05) is 56.3 Å². The molecule has 2 rings (SSSR count). The molecule has 0 aliphatic rings. The normalized spacial score (nSPS) is 12.3. The highest BCUT2D eigenvalue weighted by Gasteiger charge is 2.19. The zero-order valence-electron chi connectivity index (χ0n) is 13.0. The van der Waals surface area contributed by atoms with Gasteiger partial charge in [-0.05, 0) is 22.3 Å². The van der Waals surface area contributed by atoms with E-state index in [-0.39, 0.29) is 11.8 Å². The Morgan fingerprint density at radius 2 is 1.77 bits per heavy atom. The van der Waals surface area contributed by atoms with Crippen LogP contribution in [0.2, 0.25) is 0 Å². The van der Waals surface area contributed by atoms with E-state index >= 15 is 0 Å². The molecule has 0 bridgehead atoms. The summed E-state index contributed by atoms with van der Waals surface area (Å²) in [4.78, 5) is 23.4. The maximum absolute atomic E-state index is 11.9. The van der Waals surface area contributed by atoms with Crippen LogP contribution < -0.4 is 11.1 Å². The van der Waals surface area contributed by atoms with Crippen molar-refractivity contribution in [3.8, 4) is 0 Å². The highest BCUT2D eigenvalue weighted by molar-refractivity contribution is 5.87. The summed E-state index contributed by atoms with van der Waals surface area (Å²) in [6, 6.07) is 13.4. The van der Waals surface area contributed by atoms with Gasteiger partial charge in [0.05, 0.1) is 0 Å². The average molecular weight is 298 g/mol. The minimum atomic E-state index is -0.674. The van der Waals surface area contributed by atoms with Gasteiger partial charge in [0.15, 0.2) is 0 Å². The standard InChI is InChI=1S/C18H22N2O2/c1-12(2)9-17(21)20-16(18(19)22)11-13-7-8-14-5-3-4-6-15(14)10-13/h3-8,10,12,16H,9,11H2,1-2H3,(H2,19,22)(H,20,21)/t16-/m0/s1. The smallest absolute Gasteiger partial charge is 0.240 e. The summed E-state index contributed by atoms with van der Waals surface area (Å²) in [7, 11) is 0. The molecular weight excluding hydrogens is 276 g/mol. The Hall–Kier alpha value is -2.36. The fourth-order valence-electron chi connectivity index (χ4n) is 2.45. The highest BCUT2D eigenvalue weighted by Crippen LogP contribution is 2.16. The lowest BCUT2D eigenvalue weighted by molar-refractivity contribution is -0.127. The molecule has 1 atom stereocenters. The quantitative estimate of drug-likeness (QED) is 0.859. The van der Waals surface area contributed by atoms with Crippen LogP contribution in [0.15, 0.2) is 42.5 Å². The van der Waals surface area contributed by atoms with Crippen LogP contribution in [0, 0.1) is 5.92 Å². The Kier molecular flexibility index (Phi) is 5.15. The van der Waals surface area contributed by atoms with E-state index < -0.39 is 11.9 Å². The molecule has 0 saturated carbocycles. The van der Waals surface area contributed by atoms with E-state index in [4.69, 9.17) is 5.73 Å². The first-order chi connectivity index (χ1) is 10.5. The highest BCUT2D eigenvalue weighted by atomic mass is 16.2. The van der Waals surface area contributed by atoms with Gasteiger partial charge in [-0.15, -0.1) is 0 Å². The summed E-state index contributed by atoms with van der Waals surface area (Å²) in [5.41, 5.74) is 6.40. The molecule has 22 heavy (non-hydrogen) atoms. The Morgan fingerprint density at radius 1 is 1.09 bits per heavy atom. The fourth-order valence-corrected chi connectivity index (χ4v) is 2.45. The molecule has 0 fully saturated rings. The van der Waals surface area contributed by atoms with Crippen LogP contribution in [-0.4, -0.2) is 17.9 Å². The largest absolute Gasteiger partial charge is 0.368 e. The summed E-state index contributed by atoms with van der Waals surface area (Å²) >= 11 is 0. The lowest BCUT2D eigenvalue weighted by Gasteiger charge is -2.16. The molecular formula is C18H22N2O2. The van der Waals surface area contributed by atoms with Crippen LogP contribution >= 0.6 is 0 Å². The van der Waals surface area contributed by atoms with Crippen molar-refractivity contribution in [2.75, 3.05) is 0 Å². The second kappa shape index (κ2) is 7.07. The van der Waals surface area contributed by atoms with Crippen molar-refractivity contribution >= 4 is 22.6 Å². The summed E-state index contributed by atoms with van der Waals surface area (Å²) in [5, 5.41) is 4.98. The van der Waals surface area contributed by atoms with E-state index in [9.17, 15) is 9.59 Å². The summed E-state index contributed by atoms with van der Waals surface area (Å²) in [6.07, 6.45) is 0.797. The zero-order valence-corrected chi connectivity index (χ0v) is 13.0. The molecule has 2 aromatic carbocycles. The van der Waals surface area contributed by atoms with Crippen molar-refractivity contribution in [3.63, 3.8) is 0 Å². The molecule has 0 radical (unpaired) electrons. The minimum Gasteiger partial charge on any atom is -0.368 e. The predicted molar refractivity (Wildman–Crippen MR) is 88.2 cm³/mol. The molecule has 2 amide bonds. The Balaban J connectivity index is 2.12. The van der Waals surface area contributed by atoms with Crippen LogP contribution in [0.25, 0.3) is 10.8 Å². The van der Waals surface area contributed by atoms with Gasteiger partial charge >= 0.3 is 0 Å². The molecule has 0 spiro atoms. The van der Waals surface area contributed by atoms with Crippen molar-refractivity contribution in [2.24, 2.45) is 11.7 Å². The molecule has 4 nitrogen and oxygen atoms in total. The molecule has 0 heterocycles. The maximum Gasteiger partial charge on any atom is 0.240 e. The van der Waals surface area contributed by atoms with Crippen LogP contribution in [-0.2, 0) is 16.0 Å². The maximum atomic E-state index is 11.9. The Bertz CT molecular complexity index is 680. The topological polar surface area (TPSA) is 72.2 Å². The molecule has 116 valence electrons. The zero-order chi connectivity index (χ0) is 16.1. The van der Waals surface area contributed by atoms with Gasteiger partial charge in [0, 0.05) is 12.8 Å². The lowest BCUT2D eigenvalue weighted by Crippen LogP contribution is -2.46. The third-order valence-electron chi connectivity index (χ3n) is 3.53. The number of rotatable bonds is 6. The Morgan fingerprint density at radius 3 is 2.41 bits per heavy atom. The van der Waals surface area contributed by atoms with Crippen molar-refractivity contribution in [1.82, 2.24) is 5.32 Å². The second-order valence-corrected chi connectivity index (χ2v) is 6.01. The van der Waals surface area contributed by atoms with Crippen molar-refractivity contribution in [3.05, 3.63) is 48.0 Å². The lowest BCUT2D eigenvalue weighted by atomic mass is 10.0. The van der Waals surface area contributed by atoms with Crippen LogP contribution in [0.5, 0.6) is 0 Å². The third kappa shape index (κ3) is 4.32. The van der Waals surface area contributed by atoms with Crippen molar-refractivity contribution in [1.29, 1.82) is 0 Å². The molecule has 0 aliphatic heterocycles. The van der Waals surface area contributed by atoms with Gasteiger partial charge < -0.3 is 11.1 Å². The van der Waals surface area contributed by atoms with Gasteiger partial charge in [-0.1, -0.05) is 56.3 Å². The van der Waals surface area contributed by atoms with Crippen LogP contribution in [0.4, 0.5) is 0 Å². The summed E-state index contributed by atoms with van der Waals surface area (Å²) in [5.74, 6) is -0.404. The number of fused-ring (bicyclic) bond motifs is 1. The average Bonchev–Trinajstić information content (AvgIpc) is 2.45. The number of nitrogens with two attached hydrogens (primary N) is 1. The van der Waals surface area contributed by atoms with Crippen LogP contribution in [0.3, 0.4) is 0 Å². The molecule has 2 aromatic rings. The first-order valence-corrected chi connectivity index (χ1v) is 7.52. The first kappa shape index (κ1) is 16.0. The fraction of sp³-hybridized carbons (Fsp3) is 0.333. The number of hydrogen-bond donors (Lipinski definition) is 2. The molecule has 0 unspecified atom stereocenters. The van der Waals surface area contributed by atoms with Gasteiger partial charge in [-0.2, -0.15) is 0 Å². The monoisotopic (exact) mass is 298 g/mol. The van der Waals surface area contributed by atoms with E-state index in [0.717, 1.165) is 16.3 Å². The number of amides is 2. The van der Waals surface area contributed by atoms with E-state index in [1.54, 1.807) is 0 Å². The number of hydrogen-bond acceptors (Lipinski definition) is 2. The number of nitrogens with one attached hydrogen (secondary N) is 1. The first-order valence-electron chi connectivity index (χ1n) is 7.52. The van der Waals surface area contributed by atoms with E-state index in [0.29, 0.717) is 12.8 Å².